The quantitative estimate of drug-likeness (QED) is 0.476. The Morgan fingerprint density at radius 2 is 1.95 bits per heavy atom. The molecule has 0 spiro atoms. The van der Waals surface area contributed by atoms with Gasteiger partial charge in [-0.25, -0.2) is 8.78 Å². The number of likely N-dealkylation sites (N-methyl/N-ethyl adjacent to an activating group) is 1. The van der Waals surface area contributed by atoms with Crippen molar-refractivity contribution in [1.82, 2.24) is 4.90 Å². The minimum atomic E-state index is -2.47. The summed E-state index contributed by atoms with van der Waals surface area (Å²) in [5.41, 5.74) is 2.71. The minimum absolute atomic E-state index is 0. The maximum Gasteiger partial charge on any atom is 0.272 e. The largest absolute Gasteiger partial charge is 0.488 e. The van der Waals surface area contributed by atoms with E-state index in [0.29, 0.717) is 5.75 Å². The van der Waals surface area contributed by atoms with Crippen LogP contribution in [0.4, 0.5) is 8.78 Å². The first-order valence-electron chi connectivity index (χ1n) is 5.92. The van der Waals surface area contributed by atoms with Gasteiger partial charge in [-0.15, -0.1) is 34.7 Å². The van der Waals surface area contributed by atoms with Crippen molar-refractivity contribution >= 4 is 28.3 Å². The van der Waals surface area contributed by atoms with E-state index in [1.54, 1.807) is 12.1 Å². The van der Waals surface area contributed by atoms with Crippen LogP contribution in [-0.2, 0) is 32.7 Å². The SMILES string of the molecule is C=C1C(I)=C[C-]=C(c2ccc(OCC(F)F)cc2)N1C.[Y]. The van der Waals surface area contributed by atoms with E-state index in [0.717, 1.165) is 20.5 Å². The number of ether oxygens (including phenoxy) is 1. The molecule has 0 amide bonds. The molecule has 2 nitrogen and oxygen atoms in total. The van der Waals surface area contributed by atoms with Crippen molar-refractivity contribution in [2.45, 2.75) is 6.43 Å². The first kappa shape index (κ1) is 18.8. The van der Waals surface area contributed by atoms with Gasteiger partial charge in [-0.3, -0.25) is 0 Å². The van der Waals surface area contributed by atoms with Crippen molar-refractivity contribution in [3.05, 3.63) is 57.8 Å². The van der Waals surface area contributed by atoms with E-state index in [2.05, 4.69) is 35.2 Å². The zero-order valence-corrected chi connectivity index (χ0v) is 16.4. The van der Waals surface area contributed by atoms with Crippen molar-refractivity contribution in [3.63, 3.8) is 0 Å². The predicted octanol–water partition coefficient (Wildman–Crippen LogP) is 4.25. The molecule has 0 fully saturated rings. The minimum Gasteiger partial charge on any atom is -0.488 e. The maximum atomic E-state index is 12.1. The summed E-state index contributed by atoms with van der Waals surface area (Å²) in [6.45, 7) is 3.41. The van der Waals surface area contributed by atoms with Crippen LogP contribution in [0.1, 0.15) is 5.56 Å². The monoisotopic (exact) mass is 477 g/mol. The Balaban J connectivity index is 0.00000220. The fourth-order valence-corrected chi connectivity index (χ4v) is 2.27. The van der Waals surface area contributed by atoms with E-state index in [9.17, 15) is 8.78 Å². The summed E-state index contributed by atoms with van der Waals surface area (Å²) in [5.74, 6) is 0.428. The molecule has 1 heterocycles. The zero-order chi connectivity index (χ0) is 14.7. The van der Waals surface area contributed by atoms with Gasteiger partial charge in [0.2, 0.25) is 0 Å². The number of benzene rings is 1. The summed E-state index contributed by atoms with van der Waals surface area (Å²) in [6.07, 6.45) is 2.59. The molecule has 1 aromatic rings. The van der Waals surface area contributed by atoms with Crippen LogP contribution in [-0.4, -0.2) is 25.0 Å². The first-order valence-corrected chi connectivity index (χ1v) is 7.00. The van der Waals surface area contributed by atoms with Gasteiger partial charge in [-0.05, 0) is 17.8 Å². The second kappa shape index (κ2) is 8.39. The summed E-state index contributed by atoms with van der Waals surface area (Å²) in [5, 5.41) is 0. The molecule has 6 heteroatoms. The summed E-state index contributed by atoms with van der Waals surface area (Å²) in [4.78, 5) is 1.94. The fraction of sp³-hybridized carbons (Fsp3) is 0.200. The van der Waals surface area contributed by atoms with Crippen LogP contribution < -0.4 is 4.74 Å². The molecular formula is C15H13F2INOY-. The Kier molecular flexibility index (Phi) is 7.50. The van der Waals surface area contributed by atoms with Crippen molar-refractivity contribution in [2.24, 2.45) is 0 Å². The van der Waals surface area contributed by atoms with E-state index in [1.165, 1.54) is 0 Å². The molecule has 0 aliphatic carbocycles. The third kappa shape index (κ3) is 4.86. The molecular weight excluding hydrogens is 464 g/mol. The number of nitrogens with zero attached hydrogens (tertiary/aromatic N) is 1. The van der Waals surface area contributed by atoms with Crippen LogP contribution in [0.5, 0.6) is 5.75 Å². The fourth-order valence-electron chi connectivity index (χ4n) is 1.75. The van der Waals surface area contributed by atoms with Crippen LogP contribution in [0.15, 0.2) is 46.2 Å². The number of allylic oxidation sites excluding steroid dienone is 3. The molecule has 2 rings (SSSR count). The third-order valence-electron chi connectivity index (χ3n) is 2.86. The molecule has 1 aliphatic heterocycles. The standard InChI is InChI=1S/C15H13F2INO.Y/c1-10-13(18)7-8-14(19(10)2)11-3-5-12(6-4-11)20-9-15(16)17;/h3-7,15H,1,9H2,2H3;/q-1;. The molecule has 0 unspecified atom stereocenters. The topological polar surface area (TPSA) is 12.5 Å². The van der Waals surface area contributed by atoms with Crippen LogP contribution in [0.2, 0.25) is 0 Å². The molecule has 0 N–H and O–H groups in total. The van der Waals surface area contributed by atoms with Crippen molar-refractivity contribution < 1.29 is 46.2 Å². The van der Waals surface area contributed by atoms with Crippen LogP contribution >= 0.6 is 22.6 Å². The number of alkyl halides is 2. The Morgan fingerprint density at radius 1 is 1.33 bits per heavy atom. The molecule has 0 saturated heterocycles. The maximum absolute atomic E-state index is 12.1. The Bertz CT molecular complexity index is 570. The van der Waals surface area contributed by atoms with Gasteiger partial charge in [-0.1, -0.05) is 21.4 Å². The van der Waals surface area contributed by atoms with Gasteiger partial charge in [0.05, 0.1) is 0 Å². The Morgan fingerprint density at radius 3 is 2.52 bits per heavy atom. The summed E-state index contributed by atoms with van der Waals surface area (Å²) < 4.78 is 30.1. The molecule has 0 saturated carbocycles. The van der Waals surface area contributed by atoms with Gasteiger partial charge in [0.15, 0.2) is 0 Å². The number of hydrogen-bond acceptors (Lipinski definition) is 2. The number of hydrogen-bond donors (Lipinski definition) is 0. The second-order valence-corrected chi connectivity index (χ2v) is 5.38. The normalized spacial score (nSPS) is 14.5. The van der Waals surface area contributed by atoms with Crippen molar-refractivity contribution in [2.75, 3.05) is 13.7 Å². The number of rotatable bonds is 4. The third-order valence-corrected chi connectivity index (χ3v) is 3.79. The van der Waals surface area contributed by atoms with Crippen molar-refractivity contribution in [1.29, 1.82) is 0 Å². The molecule has 21 heavy (non-hydrogen) atoms. The summed E-state index contributed by atoms with van der Waals surface area (Å²) in [6, 6.07) is 6.98. The molecule has 1 radical (unpaired) electrons. The van der Waals surface area contributed by atoms with Gasteiger partial charge < -0.3 is 9.64 Å². The average molecular weight is 477 g/mol. The van der Waals surface area contributed by atoms with Gasteiger partial charge in [-0.2, -0.15) is 12.2 Å². The van der Waals surface area contributed by atoms with Gasteiger partial charge >= 0.3 is 0 Å². The first-order chi connectivity index (χ1) is 9.49. The summed E-state index contributed by atoms with van der Waals surface area (Å²) >= 11 is 2.20. The molecule has 0 bridgehead atoms. The Labute approximate surface area is 161 Å². The Hall–Kier alpha value is -0.266. The van der Waals surface area contributed by atoms with E-state index >= 15 is 0 Å². The molecule has 0 atom stereocenters. The zero-order valence-electron chi connectivity index (χ0n) is 11.4. The van der Waals surface area contributed by atoms with Gasteiger partial charge in [0, 0.05) is 39.8 Å². The van der Waals surface area contributed by atoms with Crippen LogP contribution in [0, 0.1) is 6.08 Å². The predicted molar refractivity (Wildman–Crippen MR) is 83.6 cm³/mol. The van der Waals surface area contributed by atoms with Gasteiger partial charge in [0.1, 0.15) is 12.4 Å². The van der Waals surface area contributed by atoms with E-state index in [1.807, 2.05) is 30.2 Å². The van der Waals surface area contributed by atoms with E-state index < -0.39 is 13.0 Å². The molecule has 1 aliphatic rings. The summed E-state index contributed by atoms with van der Waals surface area (Å²) in [7, 11) is 1.91. The number of halogens is 3. The van der Waals surface area contributed by atoms with Crippen LogP contribution in [0.3, 0.4) is 0 Å². The van der Waals surface area contributed by atoms with Gasteiger partial charge in [0.25, 0.3) is 6.43 Å². The molecule has 109 valence electrons. The smallest absolute Gasteiger partial charge is 0.272 e. The van der Waals surface area contributed by atoms with E-state index in [4.69, 9.17) is 4.74 Å². The molecule has 1 aromatic carbocycles. The van der Waals surface area contributed by atoms with E-state index in [-0.39, 0.29) is 32.7 Å². The second-order valence-electron chi connectivity index (χ2n) is 4.22. The van der Waals surface area contributed by atoms with Crippen LogP contribution in [0.25, 0.3) is 5.70 Å². The molecule has 0 aromatic heterocycles. The van der Waals surface area contributed by atoms with Crippen molar-refractivity contribution in [3.8, 4) is 5.75 Å². The average Bonchev–Trinajstić information content (AvgIpc) is 2.43.